The van der Waals surface area contributed by atoms with Crippen molar-refractivity contribution in [2.75, 3.05) is 18.4 Å². The van der Waals surface area contributed by atoms with Crippen molar-refractivity contribution in [1.29, 1.82) is 0 Å². The second kappa shape index (κ2) is 10.2. The van der Waals surface area contributed by atoms with Crippen LogP contribution in [-0.4, -0.2) is 34.8 Å². The van der Waals surface area contributed by atoms with Gasteiger partial charge in [-0.25, -0.2) is 4.98 Å². The molecule has 1 aromatic heterocycles. The summed E-state index contributed by atoms with van der Waals surface area (Å²) in [5.74, 6) is 0.741. The highest BCUT2D eigenvalue weighted by Crippen LogP contribution is 2.25. The van der Waals surface area contributed by atoms with Crippen LogP contribution < -0.4 is 5.32 Å². The fourth-order valence-corrected chi connectivity index (χ4v) is 3.98. The SMILES string of the molecule is O=C(CCc1ncc(-c2ccc(Cl)cc2)o1)Nc1cc(Cl)ccc1C(=O)N1CCCCC1. The van der Waals surface area contributed by atoms with Crippen LogP contribution in [0.4, 0.5) is 5.69 Å². The van der Waals surface area contributed by atoms with Gasteiger partial charge >= 0.3 is 0 Å². The van der Waals surface area contributed by atoms with Gasteiger partial charge in [-0.3, -0.25) is 9.59 Å². The van der Waals surface area contributed by atoms with Crippen LogP contribution in [0.15, 0.2) is 53.1 Å². The van der Waals surface area contributed by atoms with E-state index in [-0.39, 0.29) is 18.2 Å². The van der Waals surface area contributed by atoms with E-state index in [1.165, 1.54) is 0 Å². The number of carbonyl (C=O) groups excluding carboxylic acids is 2. The minimum Gasteiger partial charge on any atom is -0.441 e. The number of anilines is 1. The van der Waals surface area contributed by atoms with Gasteiger partial charge in [0.2, 0.25) is 5.91 Å². The van der Waals surface area contributed by atoms with Gasteiger partial charge in [0.15, 0.2) is 11.7 Å². The predicted molar refractivity (Wildman–Crippen MR) is 125 cm³/mol. The maximum absolute atomic E-state index is 12.9. The van der Waals surface area contributed by atoms with Crippen molar-refractivity contribution in [1.82, 2.24) is 9.88 Å². The Morgan fingerprint density at radius 1 is 1.00 bits per heavy atom. The molecule has 166 valence electrons. The molecular formula is C24H23Cl2N3O3. The van der Waals surface area contributed by atoms with Crippen molar-refractivity contribution in [3.05, 3.63) is 70.2 Å². The molecule has 2 heterocycles. The first-order valence-electron chi connectivity index (χ1n) is 10.6. The highest BCUT2D eigenvalue weighted by Gasteiger charge is 2.22. The van der Waals surface area contributed by atoms with Crippen LogP contribution in [0, 0.1) is 0 Å². The molecule has 4 rings (SSSR count). The van der Waals surface area contributed by atoms with E-state index in [0.717, 1.165) is 37.9 Å². The predicted octanol–water partition coefficient (Wildman–Crippen LogP) is 5.85. The number of aryl methyl sites for hydroxylation is 1. The van der Waals surface area contributed by atoms with Gasteiger partial charge in [0, 0.05) is 41.5 Å². The lowest BCUT2D eigenvalue weighted by molar-refractivity contribution is -0.116. The molecule has 1 aliphatic rings. The van der Waals surface area contributed by atoms with E-state index < -0.39 is 0 Å². The van der Waals surface area contributed by atoms with Crippen molar-refractivity contribution in [3.63, 3.8) is 0 Å². The molecule has 0 bridgehead atoms. The average Bonchev–Trinajstić information content (AvgIpc) is 3.28. The molecule has 8 heteroatoms. The van der Waals surface area contributed by atoms with Crippen LogP contribution in [0.1, 0.15) is 41.9 Å². The topological polar surface area (TPSA) is 75.4 Å². The second-order valence-corrected chi connectivity index (χ2v) is 8.59. The van der Waals surface area contributed by atoms with Gasteiger partial charge < -0.3 is 14.6 Å². The molecule has 1 saturated heterocycles. The Balaban J connectivity index is 1.39. The lowest BCUT2D eigenvalue weighted by Crippen LogP contribution is -2.36. The Morgan fingerprint density at radius 2 is 1.72 bits per heavy atom. The molecule has 0 spiro atoms. The van der Waals surface area contributed by atoms with Gasteiger partial charge in [-0.15, -0.1) is 0 Å². The molecule has 0 aliphatic carbocycles. The normalized spacial score (nSPS) is 13.8. The second-order valence-electron chi connectivity index (χ2n) is 7.72. The summed E-state index contributed by atoms with van der Waals surface area (Å²) in [6.45, 7) is 1.46. The number of hydrogen-bond donors (Lipinski definition) is 1. The number of nitrogens with zero attached hydrogens (tertiary/aromatic N) is 2. The van der Waals surface area contributed by atoms with Crippen molar-refractivity contribution in [2.24, 2.45) is 0 Å². The number of nitrogens with one attached hydrogen (secondary N) is 1. The third-order valence-corrected chi connectivity index (χ3v) is 5.86. The minimum absolute atomic E-state index is 0.0861. The first kappa shape index (κ1) is 22.4. The fourth-order valence-electron chi connectivity index (χ4n) is 3.68. The minimum atomic E-state index is -0.244. The van der Waals surface area contributed by atoms with E-state index in [2.05, 4.69) is 10.3 Å². The van der Waals surface area contributed by atoms with Gasteiger partial charge in [-0.05, 0) is 61.7 Å². The summed E-state index contributed by atoms with van der Waals surface area (Å²) in [7, 11) is 0. The Labute approximate surface area is 196 Å². The van der Waals surface area contributed by atoms with Crippen LogP contribution in [0.5, 0.6) is 0 Å². The number of piperidine rings is 1. The Kier molecular flexibility index (Phi) is 7.12. The number of amides is 2. The van der Waals surface area contributed by atoms with Gasteiger partial charge in [0.05, 0.1) is 17.4 Å². The molecule has 0 saturated carbocycles. The first-order valence-corrected chi connectivity index (χ1v) is 11.3. The highest BCUT2D eigenvalue weighted by molar-refractivity contribution is 6.31. The van der Waals surface area contributed by atoms with E-state index in [9.17, 15) is 9.59 Å². The molecular weight excluding hydrogens is 449 g/mol. The maximum Gasteiger partial charge on any atom is 0.255 e. The molecule has 0 unspecified atom stereocenters. The molecule has 6 nitrogen and oxygen atoms in total. The largest absolute Gasteiger partial charge is 0.441 e. The smallest absolute Gasteiger partial charge is 0.255 e. The Hall–Kier alpha value is -2.83. The summed E-state index contributed by atoms with van der Waals surface area (Å²) >= 11 is 12.0. The summed E-state index contributed by atoms with van der Waals surface area (Å²) in [5.41, 5.74) is 1.73. The Morgan fingerprint density at radius 3 is 2.47 bits per heavy atom. The molecule has 0 atom stereocenters. The number of carbonyl (C=O) groups is 2. The zero-order chi connectivity index (χ0) is 22.5. The van der Waals surface area contributed by atoms with Crippen LogP contribution >= 0.6 is 23.2 Å². The summed E-state index contributed by atoms with van der Waals surface area (Å²) in [4.78, 5) is 31.6. The first-order chi connectivity index (χ1) is 15.5. The number of rotatable bonds is 6. The van der Waals surface area contributed by atoms with Crippen molar-refractivity contribution in [3.8, 4) is 11.3 Å². The van der Waals surface area contributed by atoms with Gasteiger partial charge in [-0.1, -0.05) is 23.2 Å². The zero-order valence-electron chi connectivity index (χ0n) is 17.4. The molecule has 0 radical (unpaired) electrons. The zero-order valence-corrected chi connectivity index (χ0v) is 19.0. The number of aromatic nitrogens is 1. The molecule has 1 fully saturated rings. The molecule has 32 heavy (non-hydrogen) atoms. The summed E-state index contributed by atoms with van der Waals surface area (Å²) in [6.07, 6.45) is 5.24. The quantitative estimate of drug-likeness (QED) is 0.489. The fraction of sp³-hybridized carbons (Fsp3) is 0.292. The lowest BCUT2D eigenvalue weighted by atomic mass is 10.1. The molecule has 2 aromatic carbocycles. The van der Waals surface area contributed by atoms with Crippen LogP contribution in [0.3, 0.4) is 0 Å². The standard InChI is InChI=1S/C24H23Cl2N3O3/c25-17-6-4-16(5-7-17)21-15-27-23(32-21)11-10-22(30)28-20-14-18(26)8-9-19(20)24(31)29-12-2-1-3-13-29/h4-9,14-15H,1-3,10-13H2,(H,28,30). The van der Waals surface area contributed by atoms with Crippen LogP contribution in [0.25, 0.3) is 11.3 Å². The van der Waals surface area contributed by atoms with Crippen molar-refractivity contribution in [2.45, 2.75) is 32.1 Å². The monoisotopic (exact) mass is 471 g/mol. The van der Waals surface area contributed by atoms with Crippen molar-refractivity contribution >= 4 is 40.7 Å². The van der Waals surface area contributed by atoms with Gasteiger partial charge in [-0.2, -0.15) is 0 Å². The van der Waals surface area contributed by atoms with Crippen LogP contribution in [-0.2, 0) is 11.2 Å². The van der Waals surface area contributed by atoms with Gasteiger partial charge in [0.1, 0.15) is 0 Å². The summed E-state index contributed by atoms with van der Waals surface area (Å²) in [5, 5.41) is 3.93. The lowest BCUT2D eigenvalue weighted by Gasteiger charge is -2.27. The molecule has 1 N–H and O–H groups in total. The number of benzene rings is 2. The number of likely N-dealkylation sites (tertiary alicyclic amines) is 1. The highest BCUT2D eigenvalue weighted by atomic mass is 35.5. The number of hydrogen-bond acceptors (Lipinski definition) is 4. The van der Waals surface area contributed by atoms with Crippen LogP contribution in [0.2, 0.25) is 10.0 Å². The number of halogens is 2. The summed E-state index contributed by atoms with van der Waals surface area (Å²) < 4.78 is 5.75. The third-order valence-electron chi connectivity index (χ3n) is 5.38. The van der Waals surface area contributed by atoms with E-state index in [1.807, 2.05) is 17.0 Å². The maximum atomic E-state index is 12.9. The molecule has 3 aromatic rings. The van der Waals surface area contributed by atoms with E-state index in [0.29, 0.717) is 39.4 Å². The number of oxazole rings is 1. The van der Waals surface area contributed by atoms with E-state index >= 15 is 0 Å². The van der Waals surface area contributed by atoms with Gasteiger partial charge in [0.25, 0.3) is 5.91 Å². The van der Waals surface area contributed by atoms with Crippen molar-refractivity contribution < 1.29 is 14.0 Å². The Bertz CT molecular complexity index is 1110. The molecule has 1 aliphatic heterocycles. The molecule has 2 amide bonds. The summed E-state index contributed by atoms with van der Waals surface area (Å²) in [6, 6.07) is 12.2. The average molecular weight is 472 g/mol. The van der Waals surface area contributed by atoms with E-state index in [4.69, 9.17) is 27.6 Å². The van der Waals surface area contributed by atoms with E-state index in [1.54, 1.807) is 36.5 Å². The third kappa shape index (κ3) is 5.50.